The SMILES string of the molecule is CN=Cc1ccc(C2CN(C(=O)c3ccc(C)c(-c4nc(C(C)C)[nH]c4C)c3)C2)cc1. The van der Waals surface area contributed by atoms with Gasteiger partial charge >= 0.3 is 0 Å². The lowest BCUT2D eigenvalue weighted by Crippen LogP contribution is -2.48. The fraction of sp³-hybridized carbons (Fsp3) is 0.346. The Morgan fingerprint density at radius 1 is 1.16 bits per heavy atom. The van der Waals surface area contributed by atoms with E-state index in [4.69, 9.17) is 4.98 Å². The number of aromatic nitrogens is 2. The predicted molar refractivity (Wildman–Crippen MR) is 126 cm³/mol. The van der Waals surface area contributed by atoms with Gasteiger partial charge in [0.25, 0.3) is 5.91 Å². The van der Waals surface area contributed by atoms with Gasteiger partial charge < -0.3 is 9.88 Å². The molecule has 0 radical (unpaired) electrons. The Hall–Kier alpha value is -3.21. The zero-order valence-electron chi connectivity index (χ0n) is 18.9. The number of benzene rings is 2. The molecule has 1 amide bonds. The van der Waals surface area contributed by atoms with E-state index in [0.29, 0.717) is 11.8 Å². The molecule has 1 aliphatic rings. The maximum Gasteiger partial charge on any atom is 0.253 e. The van der Waals surface area contributed by atoms with Crippen molar-refractivity contribution in [1.82, 2.24) is 14.9 Å². The van der Waals surface area contributed by atoms with Crippen molar-refractivity contribution in [2.24, 2.45) is 4.99 Å². The van der Waals surface area contributed by atoms with Crippen molar-refractivity contribution < 1.29 is 4.79 Å². The van der Waals surface area contributed by atoms with Gasteiger partial charge in [0.15, 0.2) is 0 Å². The third kappa shape index (κ3) is 4.18. The molecule has 0 atom stereocenters. The van der Waals surface area contributed by atoms with Crippen LogP contribution in [-0.4, -0.2) is 47.1 Å². The fourth-order valence-corrected chi connectivity index (χ4v) is 4.07. The molecule has 0 saturated carbocycles. The van der Waals surface area contributed by atoms with Crippen molar-refractivity contribution >= 4 is 12.1 Å². The summed E-state index contributed by atoms with van der Waals surface area (Å²) in [5, 5.41) is 0. The van der Waals surface area contributed by atoms with Crippen LogP contribution in [0.5, 0.6) is 0 Å². The summed E-state index contributed by atoms with van der Waals surface area (Å²) >= 11 is 0. The van der Waals surface area contributed by atoms with Gasteiger partial charge in [-0.3, -0.25) is 9.79 Å². The van der Waals surface area contributed by atoms with Crippen LogP contribution in [0.2, 0.25) is 0 Å². The molecule has 2 aromatic carbocycles. The number of hydrogen-bond donors (Lipinski definition) is 1. The lowest BCUT2D eigenvalue weighted by molar-refractivity contribution is 0.0602. The number of carbonyl (C=O) groups is 1. The summed E-state index contributed by atoms with van der Waals surface area (Å²) in [6.07, 6.45) is 1.85. The molecule has 1 fully saturated rings. The molecule has 5 heteroatoms. The molecule has 4 rings (SSSR count). The Balaban J connectivity index is 1.49. The number of imidazole rings is 1. The third-order valence-electron chi connectivity index (χ3n) is 6.04. The molecular formula is C26H30N4O. The molecule has 160 valence electrons. The molecule has 31 heavy (non-hydrogen) atoms. The molecule has 1 saturated heterocycles. The number of aryl methyl sites for hydroxylation is 2. The van der Waals surface area contributed by atoms with Crippen LogP contribution in [0.1, 0.15) is 64.2 Å². The van der Waals surface area contributed by atoms with Crippen LogP contribution < -0.4 is 0 Å². The van der Waals surface area contributed by atoms with Crippen molar-refractivity contribution in [3.8, 4) is 11.3 Å². The lowest BCUT2D eigenvalue weighted by atomic mass is 9.90. The summed E-state index contributed by atoms with van der Waals surface area (Å²) < 4.78 is 0. The van der Waals surface area contributed by atoms with Gasteiger partial charge in [0.1, 0.15) is 5.82 Å². The molecule has 5 nitrogen and oxygen atoms in total. The number of aromatic amines is 1. The van der Waals surface area contributed by atoms with E-state index < -0.39 is 0 Å². The molecular weight excluding hydrogens is 384 g/mol. The topological polar surface area (TPSA) is 61.4 Å². The van der Waals surface area contributed by atoms with Gasteiger partial charge in [0.05, 0.1) is 5.69 Å². The van der Waals surface area contributed by atoms with Crippen LogP contribution in [0.4, 0.5) is 0 Å². The number of nitrogens with one attached hydrogen (secondary N) is 1. The highest BCUT2D eigenvalue weighted by atomic mass is 16.2. The van der Waals surface area contributed by atoms with Crippen LogP contribution in [0.3, 0.4) is 0 Å². The number of likely N-dealkylation sites (tertiary alicyclic amines) is 1. The van der Waals surface area contributed by atoms with E-state index >= 15 is 0 Å². The van der Waals surface area contributed by atoms with E-state index in [1.165, 1.54) is 5.56 Å². The smallest absolute Gasteiger partial charge is 0.253 e. The maximum absolute atomic E-state index is 13.1. The Labute approximate surface area is 184 Å². The number of H-pyrrole nitrogens is 1. The minimum atomic E-state index is 0.0875. The monoisotopic (exact) mass is 414 g/mol. The van der Waals surface area contributed by atoms with Crippen molar-refractivity contribution in [2.75, 3.05) is 20.1 Å². The van der Waals surface area contributed by atoms with E-state index in [9.17, 15) is 4.79 Å². The Morgan fingerprint density at radius 3 is 2.48 bits per heavy atom. The second kappa shape index (κ2) is 8.50. The first-order valence-electron chi connectivity index (χ1n) is 10.9. The number of nitrogens with zero attached hydrogens (tertiary/aromatic N) is 3. The van der Waals surface area contributed by atoms with E-state index in [-0.39, 0.29) is 5.91 Å². The first-order valence-corrected chi connectivity index (χ1v) is 10.9. The van der Waals surface area contributed by atoms with Gasteiger partial charge in [-0.1, -0.05) is 44.2 Å². The van der Waals surface area contributed by atoms with Crippen molar-refractivity contribution in [3.05, 3.63) is 76.2 Å². The molecule has 0 unspecified atom stereocenters. The average Bonchev–Trinajstić information content (AvgIpc) is 3.10. The van der Waals surface area contributed by atoms with Crippen LogP contribution in [0, 0.1) is 13.8 Å². The average molecular weight is 415 g/mol. The highest BCUT2D eigenvalue weighted by molar-refractivity contribution is 5.96. The largest absolute Gasteiger partial charge is 0.345 e. The number of aliphatic imine (C=N–C) groups is 1. The quantitative estimate of drug-likeness (QED) is 0.590. The lowest BCUT2D eigenvalue weighted by Gasteiger charge is -2.39. The first kappa shape index (κ1) is 21.0. The van der Waals surface area contributed by atoms with Crippen LogP contribution in [0.15, 0.2) is 47.5 Å². The summed E-state index contributed by atoms with van der Waals surface area (Å²) in [7, 11) is 1.77. The maximum atomic E-state index is 13.1. The zero-order chi connectivity index (χ0) is 22.1. The van der Waals surface area contributed by atoms with E-state index in [0.717, 1.165) is 52.6 Å². The summed E-state index contributed by atoms with van der Waals surface area (Å²) in [5.41, 5.74) is 7.22. The third-order valence-corrected chi connectivity index (χ3v) is 6.04. The molecule has 0 bridgehead atoms. The minimum Gasteiger partial charge on any atom is -0.345 e. The minimum absolute atomic E-state index is 0.0875. The van der Waals surface area contributed by atoms with Gasteiger partial charge in [0, 0.05) is 55.0 Å². The van der Waals surface area contributed by atoms with Crippen molar-refractivity contribution in [2.45, 2.75) is 39.5 Å². The van der Waals surface area contributed by atoms with Crippen molar-refractivity contribution in [1.29, 1.82) is 0 Å². The van der Waals surface area contributed by atoms with Crippen LogP contribution in [-0.2, 0) is 0 Å². The van der Waals surface area contributed by atoms with E-state index in [2.05, 4.69) is 55.0 Å². The van der Waals surface area contributed by atoms with E-state index in [1.807, 2.05) is 36.2 Å². The number of rotatable bonds is 5. The van der Waals surface area contributed by atoms with Gasteiger partial charge in [-0.25, -0.2) is 4.98 Å². The van der Waals surface area contributed by atoms with Gasteiger partial charge in [0.2, 0.25) is 0 Å². The Morgan fingerprint density at radius 2 is 1.87 bits per heavy atom. The fourth-order valence-electron chi connectivity index (χ4n) is 4.07. The number of amides is 1. The molecule has 3 aromatic rings. The second-order valence-electron chi connectivity index (χ2n) is 8.74. The molecule has 0 spiro atoms. The van der Waals surface area contributed by atoms with Crippen LogP contribution >= 0.6 is 0 Å². The van der Waals surface area contributed by atoms with Gasteiger partial charge in [-0.05, 0) is 42.7 Å². The predicted octanol–water partition coefficient (Wildman–Crippen LogP) is 5.11. The molecule has 1 N–H and O–H groups in total. The summed E-state index contributed by atoms with van der Waals surface area (Å²) in [5.74, 6) is 1.79. The normalized spacial score (nSPS) is 14.5. The first-order chi connectivity index (χ1) is 14.9. The number of hydrogen-bond acceptors (Lipinski definition) is 3. The van der Waals surface area contributed by atoms with Gasteiger partial charge in [-0.2, -0.15) is 0 Å². The second-order valence-corrected chi connectivity index (χ2v) is 8.74. The van der Waals surface area contributed by atoms with E-state index in [1.54, 1.807) is 7.05 Å². The highest BCUT2D eigenvalue weighted by Crippen LogP contribution is 2.31. The Kier molecular flexibility index (Phi) is 5.77. The van der Waals surface area contributed by atoms with Gasteiger partial charge in [-0.15, -0.1) is 0 Å². The molecule has 1 aliphatic heterocycles. The summed E-state index contributed by atoms with van der Waals surface area (Å²) in [6.45, 7) is 9.86. The number of carbonyl (C=O) groups excluding carboxylic acids is 1. The molecule has 1 aromatic heterocycles. The molecule has 0 aliphatic carbocycles. The summed E-state index contributed by atoms with van der Waals surface area (Å²) in [6, 6.07) is 14.4. The molecule has 2 heterocycles. The Bertz CT molecular complexity index is 1120. The van der Waals surface area contributed by atoms with Crippen molar-refractivity contribution in [3.63, 3.8) is 0 Å². The highest BCUT2D eigenvalue weighted by Gasteiger charge is 2.32. The van der Waals surface area contributed by atoms with Crippen LogP contribution in [0.25, 0.3) is 11.3 Å². The zero-order valence-corrected chi connectivity index (χ0v) is 18.9. The standard InChI is InChI=1S/C26H30N4O/c1-16(2)25-28-18(4)24(29-25)23-12-21(9-6-17(23)3)26(31)30-14-22(15-30)20-10-7-19(8-11-20)13-27-5/h6-13,16,22H,14-15H2,1-5H3,(H,28,29). The summed E-state index contributed by atoms with van der Waals surface area (Å²) in [4.78, 5) is 27.3.